The molecule has 82 valence electrons. The maximum atomic E-state index is 12.9. The van der Waals surface area contributed by atoms with Gasteiger partial charge in [0.2, 0.25) is 11.9 Å². The van der Waals surface area contributed by atoms with E-state index < -0.39 is 5.82 Å². The lowest BCUT2D eigenvalue weighted by Crippen LogP contribution is -2.04. The van der Waals surface area contributed by atoms with E-state index in [9.17, 15) is 4.39 Å². The summed E-state index contributed by atoms with van der Waals surface area (Å²) in [6.07, 6.45) is 0. The van der Waals surface area contributed by atoms with Gasteiger partial charge in [-0.3, -0.25) is 0 Å². The molecule has 0 aliphatic carbocycles. The van der Waals surface area contributed by atoms with E-state index in [-0.39, 0.29) is 22.7 Å². The Hall–Kier alpha value is -1.95. The molecule has 0 radical (unpaired) electrons. The number of anilines is 2. The van der Waals surface area contributed by atoms with Crippen LogP contribution in [0.4, 0.5) is 16.3 Å². The molecule has 0 aliphatic heterocycles. The number of nitrogens with two attached hydrogens (primary N) is 2. The number of rotatable bonds is 1. The van der Waals surface area contributed by atoms with Crippen molar-refractivity contribution in [2.24, 2.45) is 0 Å². The number of halogens is 2. The van der Waals surface area contributed by atoms with Crippen LogP contribution in [0, 0.1) is 5.82 Å². The average Bonchev–Trinajstić information content (AvgIpc) is 2.20. The van der Waals surface area contributed by atoms with Crippen LogP contribution in [0.5, 0.6) is 0 Å². The molecule has 0 aliphatic rings. The first-order valence-electron chi connectivity index (χ1n) is 4.28. The van der Waals surface area contributed by atoms with E-state index in [2.05, 4.69) is 15.0 Å². The highest BCUT2D eigenvalue weighted by atomic mass is 35.5. The zero-order chi connectivity index (χ0) is 11.7. The van der Waals surface area contributed by atoms with E-state index in [1.54, 1.807) is 0 Å². The third kappa shape index (κ3) is 2.01. The van der Waals surface area contributed by atoms with Gasteiger partial charge >= 0.3 is 0 Å². The molecule has 0 spiro atoms. The van der Waals surface area contributed by atoms with Gasteiger partial charge in [-0.05, 0) is 18.2 Å². The van der Waals surface area contributed by atoms with Crippen molar-refractivity contribution in [1.82, 2.24) is 15.0 Å². The van der Waals surface area contributed by atoms with Crippen LogP contribution >= 0.6 is 11.6 Å². The Balaban J connectivity index is 2.54. The van der Waals surface area contributed by atoms with E-state index in [1.165, 1.54) is 18.2 Å². The summed E-state index contributed by atoms with van der Waals surface area (Å²) >= 11 is 5.63. The molecule has 0 amide bonds. The minimum atomic E-state index is -0.514. The van der Waals surface area contributed by atoms with Gasteiger partial charge in [-0.2, -0.15) is 15.0 Å². The Morgan fingerprint density at radius 3 is 2.25 bits per heavy atom. The molecule has 0 bridgehead atoms. The molecule has 5 nitrogen and oxygen atoms in total. The fraction of sp³-hybridized carbons (Fsp3) is 0. The number of aromatic nitrogens is 3. The summed E-state index contributed by atoms with van der Waals surface area (Å²) in [6, 6.07) is 4.09. The predicted octanol–water partition coefficient (Wildman–Crippen LogP) is 1.50. The SMILES string of the molecule is Nc1nc(N)nc(-c2ccc(F)c(Cl)c2)n1. The Kier molecular flexibility index (Phi) is 2.57. The van der Waals surface area contributed by atoms with Crippen molar-refractivity contribution in [3.05, 3.63) is 29.0 Å². The Morgan fingerprint density at radius 1 is 1.06 bits per heavy atom. The van der Waals surface area contributed by atoms with Crippen molar-refractivity contribution >= 4 is 23.5 Å². The molecule has 2 aromatic rings. The first kappa shape index (κ1) is 10.6. The van der Waals surface area contributed by atoms with Gasteiger partial charge in [-0.15, -0.1) is 0 Å². The molecule has 0 unspecified atom stereocenters. The lowest BCUT2D eigenvalue weighted by molar-refractivity contribution is 0.628. The van der Waals surface area contributed by atoms with Gasteiger partial charge in [0, 0.05) is 5.56 Å². The van der Waals surface area contributed by atoms with Crippen molar-refractivity contribution in [1.29, 1.82) is 0 Å². The van der Waals surface area contributed by atoms with Crippen molar-refractivity contribution in [3.8, 4) is 11.4 Å². The van der Waals surface area contributed by atoms with E-state index in [4.69, 9.17) is 23.1 Å². The zero-order valence-electron chi connectivity index (χ0n) is 7.98. The van der Waals surface area contributed by atoms with Crippen LogP contribution in [0.15, 0.2) is 18.2 Å². The molecular weight excluding hydrogens is 233 g/mol. The summed E-state index contributed by atoms with van der Waals surface area (Å²) in [4.78, 5) is 11.4. The fourth-order valence-corrected chi connectivity index (χ4v) is 1.35. The minimum Gasteiger partial charge on any atom is -0.368 e. The van der Waals surface area contributed by atoms with E-state index in [0.29, 0.717) is 5.56 Å². The molecule has 7 heteroatoms. The van der Waals surface area contributed by atoms with Crippen LogP contribution in [0.1, 0.15) is 0 Å². The summed E-state index contributed by atoms with van der Waals surface area (Å²) in [7, 11) is 0. The highest BCUT2D eigenvalue weighted by Gasteiger charge is 2.07. The quantitative estimate of drug-likeness (QED) is 0.787. The topological polar surface area (TPSA) is 90.7 Å². The minimum absolute atomic E-state index is 0.00273. The maximum Gasteiger partial charge on any atom is 0.225 e. The maximum absolute atomic E-state index is 12.9. The zero-order valence-corrected chi connectivity index (χ0v) is 8.74. The summed E-state index contributed by atoms with van der Waals surface area (Å²) in [6.45, 7) is 0. The van der Waals surface area contributed by atoms with Crippen LogP contribution in [-0.2, 0) is 0 Å². The number of hydrogen-bond donors (Lipinski definition) is 2. The normalized spacial score (nSPS) is 10.4. The summed E-state index contributed by atoms with van der Waals surface area (Å²) in [5, 5.41) is -0.0185. The van der Waals surface area contributed by atoms with Crippen molar-refractivity contribution < 1.29 is 4.39 Å². The van der Waals surface area contributed by atoms with Gasteiger partial charge in [0.05, 0.1) is 5.02 Å². The third-order valence-electron chi connectivity index (χ3n) is 1.85. The highest BCUT2D eigenvalue weighted by molar-refractivity contribution is 6.31. The lowest BCUT2D eigenvalue weighted by atomic mass is 10.2. The molecule has 0 saturated carbocycles. The third-order valence-corrected chi connectivity index (χ3v) is 2.14. The van der Waals surface area contributed by atoms with Crippen molar-refractivity contribution in [3.63, 3.8) is 0 Å². The van der Waals surface area contributed by atoms with Crippen LogP contribution in [0.2, 0.25) is 5.02 Å². The van der Waals surface area contributed by atoms with Crippen LogP contribution in [0.3, 0.4) is 0 Å². The standard InChI is InChI=1S/C9H7ClFN5/c10-5-3-4(1-2-6(5)11)7-14-8(12)16-9(13)15-7/h1-3H,(H4,12,13,14,15,16). The number of benzene rings is 1. The smallest absolute Gasteiger partial charge is 0.225 e. The van der Waals surface area contributed by atoms with Crippen LogP contribution in [0.25, 0.3) is 11.4 Å². The van der Waals surface area contributed by atoms with E-state index >= 15 is 0 Å². The largest absolute Gasteiger partial charge is 0.368 e. The van der Waals surface area contributed by atoms with Crippen molar-refractivity contribution in [2.45, 2.75) is 0 Å². The Labute approximate surface area is 95.3 Å². The molecule has 1 heterocycles. The van der Waals surface area contributed by atoms with Crippen molar-refractivity contribution in [2.75, 3.05) is 11.5 Å². The monoisotopic (exact) mass is 239 g/mol. The molecule has 0 saturated heterocycles. The first-order valence-corrected chi connectivity index (χ1v) is 4.66. The van der Waals surface area contributed by atoms with Gasteiger partial charge < -0.3 is 11.5 Å². The fourth-order valence-electron chi connectivity index (χ4n) is 1.17. The van der Waals surface area contributed by atoms with Gasteiger partial charge in [0.1, 0.15) is 5.82 Å². The molecule has 0 atom stereocenters. The van der Waals surface area contributed by atoms with Gasteiger partial charge in [-0.1, -0.05) is 11.6 Å². The van der Waals surface area contributed by atoms with E-state index in [1.807, 2.05) is 0 Å². The Bertz CT molecular complexity index is 525. The summed E-state index contributed by atoms with van der Waals surface area (Å²) in [5.74, 6) is -0.252. The van der Waals surface area contributed by atoms with Gasteiger partial charge in [-0.25, -0.2) is 4.39 Å². The molecule has 1 aromatic carbocycles. The molecule has 2 rings (SSSR count). The predicted molar refractivity (Wildman–Crippen MR) is 59.1 cm³/mol. The average molecular weight is 240 g/mol. The second kappa shape index (κ2) is 3.90. The van der Waals surface area contributed by atoms with Crippen LogP contribution < -0.4 is 11.5 Å². The second-order valence-corrected chi connectivity index (χ2v) is 3.41. The van der Waals surface area contributed by atoms with Crippen LogP contribution in [-0.4, -0.2) is 15.0 Å². The molecule has 4 N–H and O–H groups in total. The molecule has 0 fully saturated rings. The molecule has 1 aromatic heterocycles. The number of hydrogen-bond acceptors (Lipinski definition) is 5. The van der Waals surface area contributed by atoms with Gasteiger partial charge in [0.15, 0.2) is 5.82 Å². The second-order valence-electron chi connectivity index (χ2n) is 3.00. The lowest BCUT2D eigenvalue weighted by Gasteiger charge is -2.02. The highest BCUT2D eigenvalue weighted by Crippen LogP contribution is 2.22. The van der Waals surface area contributed by atoms with Gasteiger partial charge in [0.25, 0.3) is 0 Å². The Morgan fingerprint density at radius 2 is 1.69 bits per heavy atom. The molecule has 16 heavy (non-hydrogen) atoms. The number of nitrogen functional groups attached to an aromatic ring is 2. The summed E-state index contributed by atoms with van der Waals surface area (Å²) in [5.41, 5.74) is 11.4. The number of nitrogens with zero attached hydrogens (tertiary/aromatic N) is 3. The first-order chi connectivity index (χ1) is 7.56. The molecular formula is C9H7ClFN5. The summed E-state index contributed by atoms with van der Waals surface area (Å²) < 4.78 is 12.9. The van der Waals surface area contributed by atoms with E-state index in [0.717, 1.165) is 0 Å².